The summed E-state index contributed by atoms with van der Waals surface area (Å²) in [5.41, 5.74) is 3.23. The molecule has 5 nitrogen and oxygen atoms in total. The number of hydrogen-bond donors (Lipinski definition) is 1. The molecule has 3 aromatic rings. The van der Waals surface area contributed by atoms with E-state index in [1.54, 1.807) is 43.1 Å². The highest BCUT2D eigenvalue weighted by Crippen LogP contribution is 2.23. The normalized spacial score (nSPS) is 10.6. The molecule has 0 aliphatic rings. The van der Waals surface area contributed by atoms with Gasteiger partial charge in [-0.3, -0.25) is 4.79 Å². The molecule has 1 heterocycles. The summed E-state index contributed by atoms with van der Waals surface area (Å²) in [6.45, 7) is 0.973. The Morgan fingerprint density at radius 1 is 1.04 bits per heavy atom. The molecule has 1 N–H and O–H groups in total. The molecule has 0 radical (unpaired) electrons. The number of carbonyl (C=O) groups is 1. The van der Waals surface area contributed by atoms with Crippen LogP contribution >= 0.6 is 11.8 Å². The first-order valence-corrected chi connectivity index (χ1v) is 9.73. The monoisotopic (exact) mass is 397 g/mol. The minimum atomic E-state index is -0.276. The molecule has 0 bridgehead atoms. The Labute approximate surface area is 167 Å². The van der Waals surface area contributed by atoms with E-state index in [1.165, 1.54) is 12.1 Å². The van der Waals surface area contributed by atoms with E-state index in [0.29, 0.717) is 24.4 Å². The topological polar surface area (TPSA) is 64.1 Å². The van der Waals surface area contributed by atoms with Gasteiger partial charge in [-0.25, -0.2) is 4.39 Å². The van der Waals surface area contributed by atoms with Crippen LogP contribution in [0.25, 0.3) is 11.3 Å². The van der Waals surface area contributed by atoms with Crippen LogP contribution in [-0.2, 0) is 10.5 Å². The Hall–Kier alpha value is -2.77. The number of amides is 1. The summed E-state index contributed by atoms with van der Waals surface area (Å²) < 4.78 is 17.9. The van der Waals surface area contributed by atoms with Crippen molar-refractivity contribution in [2.45, 2.75) is 10.8 Å². The largest absolute Gasteiger partial charge is 0.383 e. The van der Waals surface area contributed by atoms with Gasteiger partial charge in [-0.1, -0.05) is 23.9 Å². The summed E-state index contributed by atoms with van der Waals surface area (Å²) in [6.07, 6.45) is 0. The lowest BCUT2D eigenvalue weighted by atomic mass is 10.1. The lowest BCUT2D eigenvalue weighted by Gasteiger charge is -2.06. The van der Waals surface area contributed by atoms with Crippen LogP contribution in [0.1, 0.15) is 15.9 Å². The summed E-state index contributed by atoms with van der Waals surface area (Å²) in [5.74, 6) is 0.330. The Kier molecular flexibility index (Phi) is 7.11. The van der Waals surface area contributed by atoms with Crippen molar-refractivity contribution in [3.8, 4) is 11.3 Å². The third-order valence-corrected chi connectivity index (χ3v) is 4.97. The molecule has 0 unspecified atom stereocenters. The van der Waals surface area contributed by atoms with Crippen LogP contribution in [0.2, 0.25) is 0 Å². The van der Waals surface area contributed by atoms with E-state index in [2.05, 4.69) is 15.5 Å². The smallest absolute Gasteiger partial charge is 0.251 e. The summed E-state index contributed by atoms with van der Waals surface area (Å²) in [7, 11) is 1.60. The first kappa shape index (κ1) is 20.0. The maximum atomic E-state index is 13.0. The lowest BCUT2D eigenvalue weighted by molar-refractivity contribution is 0.0937. The predicted octanol–water partition coefficient (Wildman–Crippen LogP) is 3.95. The van der Waals surface area contributed by atoms with Crippen molar-refractivity contribution in [3.05, 3.63) is 77.6 Å². The molecule has 0 atom stereocenters. The van der Waals surface area contributed by atoms with Crippen molar-refractivity contribution in [1.29, 1.82) is 0 Å². The molecule has 2 aromatic carbocycles. The van der Waals surface area contributed by atoms with Crippen LogP contribution in [0.5, 0.6) is 0 Å². The van der Waals surface area contributed by atoms with Gasteiger partial charge < -0.3 is 10.1 Å². The van der Waals surface area contributed by atoms with Crippen LogP contribution in [0.15, 0.2) is 65.7 Å². The summed E-state index contributed by atoms with van der Waals surface area (Å²) >= 11 is 1.56. The molecule has 1 amide bonds. The number of carbonyl (C=O) groups excluding carboxylic acids is 1. The van der Waals surface area contributed by atoms with Crippen molar-refractivity contribution in [3.63, 3.8) is 0 Å². The van der Waals surface area contributed by atoms with Crippen molar-refractivity contribution in [1.82, 2.24) is 15.5 Å². The van der Waals surface area contributed by atoms with Crippen LogP contribution in [-0.4, -0.2) is 36.4 Å². The number of hydrogen-bond acceptors (Lipinski definition) is 5. The number of nitrogens with one attached hydrogen (secondary N) is 1. The van der Waals surface area contributed by atoms with E-state index in [-0.39, 0.29) is 11.7 Å². The summed E-state index contributed by atoms with van der Waals surface area (Å²) in [5, 5.41) is 12.0. The number of benzene rings is 2. The Balaban J connectivity index is 1.54. The van der Waals surface area contributed by atoms with Crippen molar-refractivity contribution in [2.24, 2.45) is 0 Å². The van der Waals surface area contributed by atoms with Gasteiger partial charge in [0.15, 0.2) is 0 Å². The zero-order chi connectivity index (χ0) is 19.8. The quantitative estimate of drug-likeness (QED) is 0.461. The number of rotatable bonds is 8. The fourth-order valence-electron chi connectivity index (χ4n) is 2.45. The Bertz CT molecular complexity index is 900. The van der Waals surface area contributed by atoms with Crippen LogP contribution in [0.4, 0.5) is 4.39 Å². The summed E-state index contributed by atoms with van der Waals surface area (Å²) in [4.78, 5) is 12.0. The van der Waals surface area contributed by atoms with Crippen LogP contribution < -0.4 is 5.32 Å². The van der Waals surface area contributed by atoms with E-state index in [9.17, 15) is 9.18 Å². The molecule has 7 heteroatoms. The molecule has 144 valence electrons. The van der Waals surface area contributed by atoms with E-state index < -0.39 is 0 Å². The molecule has 1 aromatic heterocycles. The maximum Gasteiger partial charge on any atom is 0.251 e. The van der Waals surface area contributed by atoms with Gasteiger partial charge in [-0.15, -0.1) is 10.2 Å². The molecule has 3 rings (SSSR count). The molecule has 28 heavy (non-hydrogen) atoms. The standard InChI is InChI=1S/C21H20FN3O2S/c1-27-13-12-23-21(26)17-4-2-15(3-5-17)14-28-20-11-10-19(24-25-20)16-6-8-18(22)9-7-16/h2-11H,12-14H2,1H3,(H,23,26). The molecule has 0 aliphatic carbocycles. The van der Waals surface area contributed by atoms with Gasteiger partial charge in [0.25, 0.3) is 5.91 Å². The number of ether oxygens (including phenoxy) is 1. The third kappa shape index (κ3) is 5.61. The SMILES string of the molecule is COCCNC(=O)c1ccc(CSc2ccc(-c3ccc(F)cc3)nn2)cc1. The highest BCUT2D eigenvalue weighted by Gasteiger charge is 2.06. The van der Waals surface area contributed by atoms with E-state index >= 15 is 0 Å². The van der Waals surface area contributed by atoms with Gasteiger partial charge in [0, 0.05) is 30.5 Å². The molecule has 0 saturated carbocycles. The van der Waals surface area contributed by atoms with E-state index in [4.69, 9.17) is 4.74 Å². The third-order valence-electron chi connectivity index (χ3n) is 3.97. The fraction of sp³-hybridized carbons (Fsp3) is 0.190. The predicted molar refractivity (Wildman–Crippen MR) is 108 cm³/mol. The number of methoxy groups -OCH3 is 1. The zero-order valence-corrected chi connectivity index (χ0v) is 16.2. The maximum absolute atomic E-state index is 13.0. The molecular formula is C21H20FN3O2S. The number of aromatic nitrogens is 2. The number of thioether (sulfide) groups is 1. The summed E-state index contributed by atoms with van der Waals surface area (Å²) in [6, 6.07) is 17.4. The average Bonchev–Trinajstić information content (AvgIpc) is 2.74. The van der Waals surface area contributed by atoms with Gasteiger partial charge in [0.2, 0.25) is 0 Å². The minimum Gasteiger partial charge on any atom is -0.383 e. The van der Waals surface area contributed by atoms with E-state index in [1.807, 2.05) is 24.3 Å². The lowest BCUT2D eigenvalue weighted by Crippen LogP contribution is -2.26. The number of nitrogens with zero attached hydrogens (tertiary/aromatic N) is 2. The highest BCUT2D eigenvalue weighted by molar-refractivity contribution is 7.98. The van der Waals surface area contributed by atoms with Crippen molar-refractivity contribution >= 4 is 17.7 Å². The van der Waals surface area contributed by atoms with Crippen molar-refractivity contribution < 1.29 is 13.9 Å². The fourth-order valence-corrected chi connectivity index (χ4v) is 3.22. The highest BCUT2D eigenvalue weighted by atomic mass is 32.2. The number of halogens is 1. The second-order valence-electron chi connectivity index (χ2n) is 6.00. The first-order chi connectivity index (χ1) is 13.7. The first-order valence-electron chi connectivity index (χ1n) is 8.74. The second-order valence-corrected chi connectivity index (χ2v) is 6.99. The second kappa shape index (κ2) is 9.96. The minimum absolute atomic E-state index is 0.112. The molecule has 0 spiro atoms. The molecule has 0 fully saturated rings. The van der Waals surface area contributed by atoms with Crippen LogP contribution in [0, 0.1) is 5.82 Å². The van der Waals surface area contributed by atoms with Crippen LogP contribution in [0.3, 0.4) is 0 Å². The van der Waals surface area contributed by atoms with Gasteiger partial charge in [-0.05, 0) is 54.1 Å². The molecular weight excluding hydrogens is 377 g/mol. The molecule has 0 saturated heterocycles. The van der Waals surface area contributed by atoms with Gasteiger partial charge in [-0.2, -0.15) is 0 Å². The van der Waals surface area contributed by atoms with Gasteiger partial charge >= 0.3 is 0 Å². The zero-order valence-electron chi connectivity index (χ0n) is 15.4. The Morgan fingerprint density at radius 3 is 2.43 bits per heavy atom. The molecule has 0 aliphatic heterocycles. The van der Waals surface area contributed by atoms with Gasteiger partial charge in [0.1, 0.15) is 10.8 Å². The van der Waals surface area contributed by atoms with Crippen molar-refractivity contribution in [2.75, 3.05) is 20.3 Å². The van der Waals surface area contributed by atoms with E-state index in [0.717, 1.165) is 21.9 Å². The average molecular weight is 397 g/mol. The van der Waals surface area contributed by atoms with Gasteiger partial charge in [0.05, 0.1) is 12.3 Å². The Morgan fingerprint density at radius 2 is 1.79 bits per heavy atom.